The third-order valence-electron chi connectivity index (χ3n) is 1.91. The van der Waals surface area contributed by atoms with Gasteiger partial charge in [0, 0.05) is 20.5 Å². The second-order valence-corrected chi connectivity index (χ2v) is 5.44. The van der Waals surface area contributed by atoms with Crippen molar-refractivity contribution in [1.82, 2.24) is 9.62 Å². The van der Waals surface area contributed by atoms with Gasteiger partial charge in [0.1, 0.15) is 0 Å². The van der Waals surface area contributed by atoms with Crippen molar-refractivity contribution in [3.8, 4) is 0 Å². The number of nitrogens with zero attached hydrogens (tertiary/aromatic N) is 1. The number of nitrogens with one attached hydrogen (secondary N) is 1. The summed E-state index contributed by atoms with van der Waals surface area (Å²) in [6.07, 6.45) is -0.164. The summed E-state index contributed by atoms with van der Waals surface area (Å²) >= 11 is 0. The summed E-state index contributed by atoms with van der Waals surface area (Å²) in [5.41, 5.74) is 0. The number of rotatable bonds is 7. The highest BCUT2D eigenvalue weighted by molar-refractivity contribution is 7.89. The van der Waals surface area contributed by atoms with Crippen molar-refractivity contribution < 1.29 is 23.1 Å². The molecule has 0 aliphatic carbocycles. The molecular formula is C8H16N2O5S. The van der Waals surface area contributed by atoms with Crippen LogP contribution in [-0.4, -0.2) is 56.1 Å². The van der Waals surface area contributed by atoms with Crippen LogP contribution in [-0.2, 0) is 19.6 Å². The Kier molecular flexibility index (Phi) is 5.97. The van der Waals surface area contributed by atoms with E-state index >= 15 is 0 Å². The fraction of sp³-hybridized carbons (Fsp3) is 0.750. The van der Waals surface area contributed by atoms with Crippen LogP contribution in [0.25, 0.3) is 0 Å². The van der Waals surface area contributed by atoms with Crippen molar-refractivity contribution in [3.05, 3.63) is 0 Å². The monoisotopic (exact) mass is 252 g/mol. The molecule has 0 aromatic rings. The van der Waals surface area contributed by atoms with Crippen LogP contribution in [0.3, 0.4) is 0 Å². The van der Waals surface area contributed by atoms with Crippen molar-refractivity contribution in [3.63, 3.8) is 0 Å². The van der Waals surface area contributed by atoms with Gasteiger partial charge in [0.05, 0.1) is 12.3 Å². The molecule has 0 heterocycles. The average molecular weight is 252 g/mol. The highest BCUT2D eigenvalue weighted by atomic mass is 32.2. The summed E-state index contributed by atoms with van der Waals surface area (Å²) in [5, 5.41) is 10.7. The van der Waals surface area contributed by atoms with Crippen molar-refractivity contribution in [1.29, 1.82) is 0 Å². The van der Waals surface area contributed by atoms with Gasteiger partial charge in [0.25, 0.3) is 0 Å². The van der Waals surface area contributed by atoms with Crippen LogP contribution < -0.4 is 5.32 Å². The highest BCUT2D eigenvalue weighted by Crippen LogP contribution is 2.02. The van der Waals surface area contributed by atoms with Gasteiger partial charge in [0.2, 0.25) is 15.9 Å². The van der Waals surface area contributed by atoms with E-state index in [0.717, 1.165) is 4.31 Å². The normalized spacial score (nSPS) is 11.4. The summed E-state index contributed by atoms with van der Waals surface area (Å²) in [5.74, 6) is -1.72. The lowest BCUT2D eigenvalue weighted by molar-refractivity contribution is -0.137. The third-order valence-corrected chi connectivity index (χ3v) is 3.80. The second kappa shape index (κ2) is 6.44. The Labute approximate surface area is 94.5 Å². The third kappa shape index (κ3) is 5.66. The smallest absolute Gasteiger partial charge is 0.303 e. The number of carboxylic acids is 1. The molecule has 1 amide bonds. The number of carboxylic acid groups (broad SMARTS) is 1. The summed E-state index contributed by atoms with van der Waals surface area (Å²) in [6, 6.07) is 0. The molecule has 0 atom stereocenters. The molecule has 0 bridgehead atoms. The fourth-order valence-corrected chi connectivity index (χ4v) is 2.08. The van der Waals surface area contributed by atoms with Gasteiger partial charge >= 0.3 is 5.97 Å². The largest absolute Gasteiger partial charge is 0.481 e. The topological polar surface area (TPSA) is 104 Å². The Morgan fingerprint density at radius 3 is 2.38 bits per heavy atom. The lowest BCUT2D eigenvalue weighted by Crippen LogP contribution is -2.38. The van der Waals surface area contributed by atoms with E-state index in [1.807, 2.05) is 0 Å². The second-order valence-electron chi connectivity index (χ2n) is 3.24. The number of likely N-dealkylation sites (N-methyl/N-ethyl adjacent to an activating group) is 2. The van der Waals surface area contributed by atoms with E-state index in [0.29, 0.717) is 0 Å². The molecule has 0 aromatic carbocycles. The molecule has 16 heavy (non-hydrogen) atoms. The molecule has 8 heteroatoms. The quantitative estimate of drug-likeness (QED) is 0.596. The van der Waals surface area contributed by atoms with Gasteiger partial charge in [-0.1, -0.05) is 0 Å². The molecule has 0 rings (SSSR count). The van der Waals surface area contributed by atoms with Crippen LogP contribution >= 0.6 is 0 Å². The zero-order valence-corrected chi connectivity index (χ0v) is 10.1. The number of sulfonamides is 1. The average Bonchev–Trinajstić information content (AvgIpc) is 2.16. The van der Waals surface area contributed by atoms with Gasteiger partial charge in [-0.2, -0.15) is 4.31 Å². The molecule has 94 valence electrons. The Bertz CT molecular complexity index is 351. The Hall–Kier alpha value is -1.15. The van der Waals surface area contributed by atoms with E-state index in [2.05, 4.69) is 5.32 Å². The van der Waals surface area contributed by atoms with Gasteiger partial charge in [-0.25, -0.2) is 8.42 Å². The molecule has 0 aliphatic rings. The van der Waals surface area contributed by atoms with Gasteiger partial charge in [-0.15, -0.1) is 0 Å². The van der Waals surface area contributed by atoms with E-state index < -0.39 is 21.9 Å². The van der Waals surface area contributed by atoms with Crippen LogP contribution in [0, 0.1) is 0 Å². The standard InChI is InChI=1S/C8H16N2O5S/c1-9-7(11)6-10(2)16(14,15)5-3-4-8(12)13/h3-6H2,1-2H3,(H,9,11)(H,12,13). The number of carbonyl (C=O) groups excluding carboxylic acids is 1. The number of carbonyl (C=O) groups is 2. The minimum Gasteiger partial charge on any atom is -0.481 e. The zero-order chi connectivity index (χ0) is 12.8. The lowest BCUT2D eigenvalue weighted by Gasteiger charge is -2.15. The molecule has 0 saturated heterocycles. The molecule has 0 fully saturated rings. The summed E-state index contributed by atoms with van der Waals surface area (Å²) in [4.78, 5) is 21.1. The van der Waals surface area contributed by atoms with Crippen LogP contribution in [0.4, 0.5) is 0 Å². The highest BCUT2D eigenvalue weighted by Gasteiger charge is 2.19. The van der Waals surface area contributed by atoms with Gasteiger partial charge in [-0.05, 0) is 6.42 Å². The first-order valence-electron chi connectivity index (χ1n) is 4.66. The zero-order valence-electron chi connectivity index (χ0n) is 9.26. The fourth-order valence-electron chi connectivity index (χ4n) is 0.941. The summed E-state index contributed by atoms with van der Waals surface area (Å²) in [7, 11) is -0.859. The van der Waals surface area contributed by atoms with Crippen LogP contribution in [0.1, 0.15) is 12.8 Å². The van der Waals surface area contributed by atoms with E-state index in [1.165, 1.54) is 14.1 Å². The maximum absolute atomic E-state index is 11.5. The molecule has 0 unspecified atom stereocenters. The van der Waals surface area contributed by atoms with Crippen molar-refractivity contribution in [2.45, 2.75) is 12.8 Å². The molecule has 2 N–H and O–H groups in total. The van der Waals surface area contributed by atoms with Crippen LogP contribution in [0.2, 0.25) is 0 Å². The van der Waals surface area contributed by atoms with E-state index in [9.17, 15) is 18.0 Å². The minimum atomic E-state index is -3.55. The van der Waals surface area contributed by atoms with E-state index in [4.69, 9.17) is 5.11 Å². The molecule has 0 spiro atoms. The predicted molar refractivity (Wildman–Crippen MR) is 57.4 cm³/mol. The SMILES string of the molecule is CNC(=O)CN(C)S(=O)(=O)CCCC(=O)O. The molecule has 0 radical (unpaired) electrons. The Balaban J connectivity index is 4.21. The summed E-state index contributed by atoms with van der Waals surface area (Å²) in [6.45, 7) is -0.258. The first-order chi connectivity index (χ1) is 7.29. The van der Waals surface area contributed by atoms with Gasteiger partial charge < -0.3 is 10.4 Å². The van der Waals surface area contributed by atoms with E-state index in [1.54, 1.807) is 0 Å². The minimum absolute atomic E-state index is 0.0375. The Morgan fingerprint density at radius 1 is 1.38 bits per heavy atom. The summed E-state index contributed by atoms with van der Waals surface area (Å²) < 4.78 is 23.9. The van der Waals surface area contributed by atoms with Crippen LogP contribution in [0.5, 0.6) is 0 Å². The van der Waals surface area contributed by atoms with Gasteiger partial charge in [0.15, 0.2) is 0 Å². The first kappa shape index (κ1) is 14.8. The Morgan fingerprint density at radius 2 is 1.94 bits per heavy atom. The maximum Gasteiger partial charge on any atom is 0.303 e. The van der Waals surface area contributed by atoms with Crippen molar-refractivity contribution >= 4 is 21.9 Å². The van der Waals surface area contributed by atoms with Crippen molar-refractivity contribution in [2.75, 3.05) is 26.4 Å². The van der Waals surface area contributed by atoms with Crippen LogP contribution in [0.15, 0.2) is 0 Å². The molecule has 0 aromatic heterocycles. The van der Waals surface area contributed by atoms with Crippen molar-refractivity contribution in [2.24, 2.45) is 0 Å². The molecule has 0 aliphatic heterocycles. The van der Waals surface area contributed by atoms with E-state index in [-0.39, 0.29) is 25.1 Å². The molecule has 7 nitrogen and oxygen atoms in total. The lowest BCUT2D eigenvalue weighted by atomic mass is 10.3. The number of hydrogen-bond acceptors (Lipinski definition) is 4. The predicted octanol–water partition coefficient (Wildman–Crippen LogP) is -1.14. The number of hydrogen-bond donors (Lipinski definition) is 2. The first-order valence-corrected chi connectivity index (χ1v) is 6.27. The molecule has 0 saturated carbocycles. The van der Waals surface area contributed by atoms with Gasteiger partial charge in [-0.3, -0.25) is 9.59 Å². The molecular weight excluding hydrogens is 236 g/mol. The number of amides is 1. The maximum atomic E-state index is 11.5. The number of aliphatic carboxylic acids is 1.